The Labute approximate surface area is 215 Å². The van der Waals surface area contributed by atoms with Gasteiger partial charge in [-0.2, -0.15) is 0 Å². The molecule has 0 radical (unpaired) electrons. The lowest BCUT2D eigenvalue weighted by molar-refractivity contribution is -0.274. The fraction of sp³-hybridized carbons (Fsp3) is 0.500. The number of carboxylic acids is 1. The van der Waals surface area contributed by atoms with E-state index in [1.54, 1.807) is 17.4 Å². The number of rotatable bonds is 15. The number of hydrogen-bond acceptors (Lipinski definition) is 6. The summed E-state index contributed by atoms with van der Waals surface area (Å²) in [6.45, 7) is 4.82. The largest absolute Gasteiger partial charge is 0.573 e. The van der Waals surface area contributed by atoms with E-state index in [4.69, 9.17) is 5.11 Å². The first-order valence-corrected chi connectivity index (χ1v) is 12.6. The Morgan fingerprint density at radius 1 is 1.11 bits per heavy atom. The van der Waals surface area contributed by atoms with E-state index in [1.807, 2.05) is 18.2 Å². The molecule has 10 heteroatoms. The lowest BCUT2D eigenvalue weighted by atomic mass is 9.95. The van der Waals surface area contributed by atoms with Gasteiger partial charge in [-0.3, -0.25) is 4.79 Å². The maximum Gasteiger partial charge on any atom is 0.573 e. The minimum atomic E-state index is -4.85. The van der Waals surface area contributed by atoms with Crippen LogP contribution in [0.2, 0.25) is 0 Å². The standard InChI is InChI=1S/C26H35F3N2O4S/c1-25(2,13-7-10-19-8-5-4-6-9-19)30-17-21(32)18-31(3)36-23-15-20(11-12-24(33)34)14-22(16-23)35-26(27,28)29/h4-6,8-9,14-16,21,30,32H,7,10-13,17-18H2,1-3H3,(H,33,34)/t21-/m1/s1. The molecular formula is C26H35F3N2O4S. The Morgan fingerprint density at radius 3 is 2.44 bits per heavy atom. The molecule has 0 aliphatic carbocycles. The SMILES string of the molecule is CN(C[C@H](O)CNC(C)(C)CCCc1ccccc1)Sc1cc(CCC(=O)O)cc(OC(F)(F)F)c1. The van der Waals surface area contributed by atoms with Gasteiger partial charge >= 0.3 is 12.3 Å². The highest BCUT2D eigenvalue weighted by Gasteiger charge is 2.31. The molecule has 200 valence electrons. The summed E-state index contributed by atoms with van der Waals surface area (Å²) in [4.78, 5) is 11.3. The molecule has 0 aliphatic rings. The molecular weight excluding hydrogens is 493 g/mol. The van der Waals surface area contributed by atoms with Crippen LogP contribution in [-0.4, -0.2) is 58.6 Å². The second kappa shape index (κ2) is 13.9. The van der Waals surface area contributed by atoms with Crippen LogP contribution in [0.1, 0.15) is 44.2 Å². The molecule has 0 unspecified atom stereocenters. The molecule has 2 aromatic carbocycles. The van der Waals surface area contributed by atoms with E-state index in [0.717, 1.165) is 31.2 Å². The monoisotopic (exact) mass is 528 g/mol. The third-order valence-corrected chi connectivity index (χ3v) is 6.36. The van der Waals surface area contributed by atoms with Crippen LogP contribution in [0.4, 0.5) is 13.2 Å². The van der Waals surface area contributed by atoms with Crippen molar-refractivity contribution in [1.82, 2.24) is 9.62 Å². The van der Waals surface area contributed by atoms with Crippen molar-refractivity contribution in [2.24, 2.45) is 0 Å². The maximum atomic E-state index is 12.7. The Hall–Kier alpha value is -2.27. The zero-order valence-electron chi connectivity index (χ0n) is 20.8. The maximum absolute atomic E-state index is 12.7. The molecule has 6 nitrogen and oxygen atoms in total. The Balaban J connectivity index is 1.86. The zero-order chi connectivity index (χ0) is 26.8. The molecule has 0 aromatic heterocycles. The molecule has 0 spiro atoms. The van der Waals surface area contributed by atoms with Crippen molar-refractivity contribution in [2.75, 3.05) is 20.1 Å². The molecule has 0 aliphatic heterocycles. The van der Waals surface area contributed by atoms with Crippen LogP contribution in [0.15, 0.2) is 53.4 Å². The Kier molecular flexibility index (Phi) is 11.5. The van der Waals surface area contributed by atoms with Gasteiger partial charge < -0.3 is 20.3 Å². The number of nitrogens with one attached hydrogen (secondary N) is 1. The smallest absolute Gasteiger partial charge is 0.481 e. The first-order valence-electron chi connectivity index (χ1n) is 11.8. The Morgan fingerprint density at radius 2 is 1.81 bits per heavy atom. The predicted molar refractivity (Wildman–Crippen MR) is 135 cm³/mol. The van der Waals surface area contributed by atoms with Crippen LogP contribution in [0.3, 0.4) is 0 Å². The summed E-state index contributed by atoms with van der Waals surface area (Å²) < 4.78 is 43.9. The first kappa shape index (κ1) is 30.0. The number of aliphatic hydroxyl groups is 1. The van der Waals surface area contributed by atoms with Gasteiger partial charge in [0.15, 0.2) is 0 Å². The molecule has 1 atom stereocenters. The number of benzene rings is 2. The minimum Gasteiger partial charge on any atom is -0.481 e. The highest BCUT2D eigenvalue weighted by molar-refractivity contribution is 7.97. The van der Waals surface area contributed by atoms with Crippen molar-refractivity contribution < 1.29 is 32.9 Å². The molecule has 0 amide bonds. The average molecular weight is 529 g/mol. The number of ether oxygens (including phenoxy) is 1. The number of likely N-dealkylation sites (N-methyl/N-ethyl adjacent to an activating group) is 1. The summed E-state index contributed by atoms with van der Waals surface area (Å²) in [5, 5.41) is 22.8. The fourth-order valence-electron chi connectivity index (χ4n) is 3.71. The summed E-state index contributed by atoms with van der Waals surface area (Å²) in [6.07, 6.45) is -2.75. The van der Waals surface area contributed by atoms with E-state index >= 15 is 0 Å². The molecule has 0 saturated carbocycles. The van der Waals surface area contributed by atoms with Gasteiger partial charge in [0.25, 0.3) is 0 Å². The van der Waals surface area contributed by atoms with Crippen LogP contribution < -0.4 is 10.1 Å². The number of carbonyl (C=O) groups is 1. The lowest BCUT2D eigenvalue weighted by Crippen LogP contribution is -2.45. The molecule has 0 saturated heterocycles. The van der Waals surface area contributed by atoms with Crippen molar-refractivity contribution in [3.05, 3.63) is 59.7 Å². The second-order valence-electron chi connectivity index (χ2n) is 9.41. The van der Waals surface area contributed by atoms with Crippen molar-refractivity contribution in [1.29, 1.82) is 0 Å². The average Bonchev–Trinajstić information content (AvgIpc) is 2.75. The summed E-state index contributed by atoms with van der Waals surface area (Å²) in [6, 6.07) is 14.3. The second-order valence-corrected chi connectivity index (χ2v) is 10.7. The molecule has 2 rings (SSSR count). The van der Waals surface area contributed by atoms with Crippen LogP contribution in [0.5, 0.6) is 5.75 Å². The molecule has 0 heterocycles. The highest BCUT2D eigenvalue weighted by atomic mass is 32.2. The van der Waals surface area contributed by atoms with Gasteiger partial charge in [0.1, 0.15) is 5.75 Å². The van der Waals surface area contributed by atoms with E-state index in [-0.39, 0.29) is 24.9 Å². The molecule has 0 fully saturated rings. The number of β-amino-alcohol motifs (C(OH)–C–C–N with tert-alkyl or cyclic N) is 1. The summed E-state index contributed by atoms with van der Waals surface area (Å²) in [5.41, 5.74) is 1.56. The number of hydrogen-bond donors (Lipinski definition) is 3. The number of aryl methyl sites for hydroxylation is 2. The topological polar surface area (TPSA) is 82.0 Å². The van der Waals surface area contributed by atoms with Crippen LogP contribution in [0.25, 0.3) is 0 Å². The number of alkyl halides is 3. The molecule has 3 N–H and O–H groups in total. The summed E-state index contributed by atoms with van der Waals surface area (Å²) in [5.74, 6) is -1.44. The zero-order valence-corrected chi connectivity index (χ0v) is 21.7. The van der Waals surface area contributed by atoms with Gasteiger partial charge in [-0.25, -0.2) is 4.31 Å². The van der Waals surface area contributed by atoms with Crippen LogP contribution >= 0.6 is 11.9 Å². The van der Waals surface area contributed by atoms with E-state index < -0.39 is 24.2 Å². The summed E-state index contributed by atoms with van der Waals surface area (Å²) >= 11 is 1.16. The van der Waals surface area contributed by atoms with E-state index in [9.17, 15) is 23.1 Å². The normalized spacial score (nSPS) is 13.1. The van der Waals surface area contributed by atoms with Crippen molar-refractivity contribution in [2.45, 2.75) is 68.9 Å². The Bertz CT molecular complexity index is 958. The van der Waals surface area contributed by atoms with Gasteiger partial charge in [-0.05, 0) is 87.9 Å². The van der Waals surface area contributed by atoms with E-state index in [1.165, 1.54) is 17.7 Å². The fourth-order valence-corrected chi connectivity index (χ4v) is 4.69. The van der Waals surface area contributed by atoms with Crippen LogP contribution in [0, 0.1) is 0 Å². The van der Waals surface area contributed by atoms with Gasteiger partial charge in [-0.1, -0.05) is 30.3 Å². The first-order chi connectivity index (χ1) is 16.8. The van der Waals surface area contributed by atoms with Crippen molar-refractivity contribution in [3.63, 3.8) is 0 Å². The third kappa shape index (κ3) is 12.6. The molecule has 2 aromatic rings. The van der Waals surface area contributed by atoms with E-state index in [0.29, 0.717) is 17.0 Å². The van der Waals surface area contributed by atoms with E-state index in [2.05, 4.69) is 36.0 Å². The predicted octanol–water partition coefficient (Wildman–Crippen LogP) is 5.29. The number of aliphatic hydroxyl groups excluding tert-OH is 1. The quantitative estimate of drug-likeness (QED) is 0.271. The van der Waals surface area contributed by atoms with Gasteiger partial charge in [0.2, 0.25) is 0 Å². The number of nitrogens with zero attached hydrogens (tertiary/aromatic N) is 1. The van der Waals surface area contributed by atoms with Crippen LogP contribution in [-0.2, 0) is 17.6 Å². The van der Waals surface area contributed by atoms with Crippen molar-refractivity contribution in [3.8, 4) is 5.75 Å². The number of halogens is 3. The molecule has 36 heavy (non-hydrogen) atoms. The van der Waals surface area contributed by atoms with Crippen molar-refractivity contribution >= 4 is 17.9 Å². The minimum absolute atomic E-state index is 0.0769. The highest BCUT2D eigenvalue weighted by Crippen LogP contribution is 2.31. The number of carboxylic acid groups (broad SMARTS) is 1. The van der Waals surface area contributed by atoms with Gasteiger partial charge in [-0.15, -0.1) is 13.2 Å². The number of aliphatic carboxylic acids is 1. The lowest BCUT2D eigenvalue weighted by Gasteiger charge is -2.29. The van der Waals surface area contributed by atoms with Gasteiger partial charge in [0, 0.05) is 29.9 Å². The summed E-state index contributed by atoms with van der Waals surface area (Å²) in [7, 11) is 1.73. The van der Waals surface area contributed by atoms with Gasteiger partial charge in [0.05, 0.1) is 6.10 Å². The molecule has 0 bridgehead atoms. The third-order valence-electron chi connectivity index (χ3n) is 5.46.